The SMILES string of the molecule is CCCCCCCCCC/C=C/O[C@@H]1CN[C@@H](CO)C1. The second kappa shape index (κ2) is 12.2. The average molecular weight is 283 g/mol. The molecule has 0 aliphatic carbocycles. The molecule has 1 saturated heterocycles. The van der Waals surface area contributed by atoms with E-state index in [4.69, 9.17) is 9.84 Å². The molecule has 0 aromatic rings. The molecule has 0 spiro atoms. The first kappa shape index (κ1) is 17.5. The maximum Gasteiger partial charge on any atom is 0.112 e. The van der Waals surface area contributed by atoms with Crippen LogP contribution in [0.15, 0.2) is 12.3 Å². The molecule has 0 aromatic carbocycles. The predicted octanol–water partition coefficient (Wildman–Crippen LogP) is 3.77. The second-order valence-corrected chi connectivity index (χ2v) is 5.92. The number of unbranched alkanes of at least 4 members (excludes halogenated alkanes) is 8. The third-order valence-corrected chi connectivity index (χ3v) is 3.99. The van der Waals surface area contributed by atoms with Gasteiger partial charge < -0.3 is 15.2 Å². The van der Waals surface area contributed by atoms with E-state index < -0.39 is 0 Å². The summed E-state index contributed by atoms with van der Waals surface area (Å²) < 4.78 is 5.65. The molecule has 1 aliphatic rings. The Balaban J connectivity index is 1.83. The van der Waals surface area contributed by atoms with E-state index >= 15 is 0 Å². The molecule has 2 N–H and O–H groups in total. The van der Waals surface area contributed by atoms with Crippen molar-refractivity contribution in [3.8, 4) is 0 Å². The van der Waals surface area contributed by atoms with Crippen molar-refractivity contribution in [1.29, 1.82) is 0 Å². The summed E-state index contributed by atoms with van der Waals surface area (Å²) in [4.78, 5) is 0. The number of hydrogen-bond donors (Lipinski definition) is 2. The predicted molar refractivity (Wildman–Crippen MR) is 84.7 cm³/mol. The van der Waals surface area contributed by atoms with Crippen LogP contribution < -0.4 is 5.32 Å². The summed E-state index contributed by atoms with van der Waals surface area (Å²) in [5.74, 6) is 0. The van der Waals surface area contributed by atoms with Gasteiger partial charge in [-0.3, -0.25) is 0 Å². The Morgan fingerprint density at radius 1 is 1.10 bits per heavy atom. The molecule has 0 amide bonds. The normalized spacial score (nSPS) is 22.7. The number of nitrogens with one attached hydrogen (secondary N) is 1. The van der Waals surface area contributed by atoms with Crippen molar-refractivity contribution in [1.82, 2.24) is 5.32 Å². The highest BCUT2D eigenvalue weighted by molar-refractivity contribution is 4.84. The van der Waals surface area contributed by atoms with Crippen LogP contribution in [0.25, 0.3) is 0 Å². The zero-order chi connectivity index (χ0) is 14.5. The molecule has 1 heterocycles. The first-order valence-electron chi connectivity index (χ1n) is 8.51. The first-order valence-corrected chi connectivity index (χ1v) is 8.51. The number of hydrogen-bond acceptors (Lipinski definition) is 3. The number of ether oxygens (including phenoxy) is 1. The summed E-state index contributed by atoms with van der Waals surface area (Å²) in [6.07, 6.45) is 17.2. The summed E-state index contributed by atoms with van der Waals surface area (Å²) >= 11 is 0. The van der Waals surface area contributed by atoms with Crippen LogP contribution in [0.1, 0.15) is 71.1 Å². The summed E-state index contributed by atoms with van der Waals surface area (Å²) in [6.45, 7) is 3.33. The van der Waals surface area contributed by atoms with Gasteiger partial charge in [-0.1, -0.05) is 51.9 Å². The Kier molecular flexibility index (Phi) is 10.7. The van der Waals surface area contributed by atoms with Gasteiger partial charge in [-0.25, -0.2) is 0 Å². The third kappa shape index (κ3) is 8.60. The fourth-order valence-corrected chi connectivity index (χ4v) is 2.66. The van der Waals surface area contributed by atoms with Crippen LogP contribution in [-0.4, -0.2) is 30.4 Å². The molecule has 0 aromatic heterocycles. The van der Waals surface area contributed by atoms with E-state index in [1.165, 1.54) is 51.4 Å². The minimum atomic E-state index is 0.210. The monoisotopic (exact) mass is 283 g/mol. The largest absolute Gasteiger partial charge is 0.497 e. The minimum absolute atomic E-state index is 0.210. The van der Waals surface area contributed by atoms with Crippen molar-refractivity contribution < 1.29 is 9.84 Å². The summed E-state index contributed by atoms with van der Waals surface area (Å²) in [5, 5.41) is 12.2. The highest BCUT2D eigenvalue weighted by Crippen LogP contribution is 2.12. The molecular formula is C17H33NO2. The number of aliphatic hydroxyl groups excluding tert-OH is 1. The Morgan fingerprint density at radius 2 is 1.80 bits per heavy atom. The van der Waals surface area contributed by atoms with Gasteiger partial charge in [-0.2, -0.15) is 0 Å². The van der Waals surface area contributed by atoms with E-state index in [-0.39, 0.29) is 18.8 Å². The lowest BCUT2D eigenvalue weighted by atomic mass is 10.1. The molecule has 3 nitrogen and oxygen atoms in total. The molecule has 1 aliphatic heterocycles. The Bertz CT molecular complexity index is 243. The van der Waals surface area contributed by atoms with Gasteiger partial charge in [0.1, 0.15) is 6.10 Å². The molecular weight excluding hydrogens is 250 g/mol. The van der Waals surface area contributed by atoms with Crippen LogP contribution in [0.4, 0.5) is 0 Å². The number of rotatable bonds is 12. The van der Waals surface area contributed by atoms with Crippen LogP contribution in [0, 0.1) is 0 Å². The van der Waals surface area contributed by atoms with E-state index in [9.17, 15) is 0 Å². The maximum absolute atomic E-state index is 9.01. The third-order valence-electron chi connectivity index (χ3n) is 3.99. The van der Waals surface area contributed by atoms with E-state index in [1.807, 2.05) is 6.26 Å². The average Bonchev–Trinajstić information content (AvgIpc) is 2.93. The van der Waals surface area contributed by atoms with Crippen LogP contribution in [-0.2, 0) is 4.74 Å². The van der Waals surface area contributed by atoms with Gasteiger partial charge in [0.25, 0.3) is 0 Å². The Labute approximate surface area is 124 Å². The molecule has 0 saturated carbocycles. The van der Waals surface area contributed by atoms with E-state index in [0.717, 1.165) is 19.4 Å². The molecule has 0 unspecified atom stereocenters. The standard InChI is InChI=1S/C17H33NO2/c1-2-3-4-5-6-7-8-9-10-11-12-20-17-13-16(15-19)18-14-17/h11-12,16-19H,2-10,13-15H2,1H3/b12-11+/t16-,17+/m1/s1. The Hall–Kier alpha value is -0.540. The van der Waals surface area contributed by atoms with Crippen LogP contribution in [0.5, 0.6) is 0 Å². The zero-order valence-electron chi connectivity index (χ0n) is 13.2. The molecule has 1 rings (SSSR count). The fraction of sp³-hybridized carbons (Fsp3) is 0.882. The van der Waals surface area contributed by atoms with Crippen molar-refractivity contribution in [3.63, 3.8) is 0 Å². The summed E-state index contributed by atoms with van der Waals surface area (Å²) in [7, 11) is 0. The lowest BCUT2D eigenvalue weighted by molar-refractivity contribution is 0.154. The van der Waals surface area contributed by atoms with Crippen LogP contribution >= 0.6 is 0 Å². The van der Waals surface area contributed by atoms with Gasteiger partial charge >= 0.3 is 0 Å². The van der Waals surface area contributed by atoms with E-state index in [1.54, 1.807) is 0 Å². The van der Waals surface area contributed by atoms with Gasteiger partial charge in [0, 0.05) is 19.0 Å². The molecule has 3 heteroatoms. The van der Waals surface area contributed by atoms with Gasteiger partial charge in [0.15, 0.2) is 0 Å². The smallest absolute Gasteiger partial charge is 0.112 e. The molecule has 2 atom stereocenters. The summed E-state index contributed by atoms with van der Waals surface area (Å²) in [5.41, 5.74) is 0. The maximum atomic E-state index is 9.01. The zero-order valence-corrected chi connectivity index (χ0v) is 13.2. The van der Waals surface area contributed by atoms with Gasteiger partial charge in [0.2, 0.25) is 0 Å². The van der Waals surface area contributed by atoms with Gasteiger partial charge in [0.05, 0.1) is 12.9 Å². The first-order chi connectivity index (χ1) is 9.86. The van der Waals surface area contributed by atoms with Crippen molar-refractivity contribution >= 4 is 0 Å². The quantitative estimate of drug-likeness (QED) is 0.423. The molecule has 118 valence electrons. The van der Waals surface area contributed by atoms with Crippen molar-refractivity contribution in [2.75, 3.05) is 13.2 Å². The molecule has 20 heavy (non-hydrogen) atoms. The number of aliphatic hydroxyl groups is 1. The van der Waals surface area contributed by atoms with E-state index in [2.05, 4.69) is 18.3 Å². The molecule has 1 fully saturated rings. The van der Waals surface area contributed by atoms with Crippen molar-refractivity contribution in [2.24, 2.45) is 0 Å². The highest BCUT2D eigenvalue weighted by Gasteiger charge is 2.23. The van der Waals surface area contributed by atoms with Crippen LogP contribution in [0.2, 0.25) is 0 Å². The minimum Gasteiger partial charge on any atom is -0.497 e. The van der Waals surface area contributed by atoms with Crippen LogP contribution in [0.3, 0.4) is 0 Å². The highest BCUT2D eigenvalue weighted by atomic mass is 16.5. The van der Waals surface area contributed by atoms with E-state index in [0.29, 0.717) is 0 Å². The van der Waals surface area contributed by atoms with Crippen molar-refractivity contribution in [2.45, 2.75) is 83.3 Å². The summed E-state index contributed by atoms with van der Waals surface area (Å²) in [6, 6.07) is 0.223. The lowest BCUT2D eigenvalue weighted by Gasteiger charge is -2.08. The number of allylic oxidation sites excluding steroid dienone is 1. The van der Waals surface area contributed by atoms with Gasteiger partial charge in [-0.05, 0) is 18.9 Å². The fourth-order valence-electron chi connectivity index (χ4n) is 2.66. The van der Waals surface area contributed by atoms with Crippen molar-refractivity contribution in [3.05, 3.63) is 12.3 Å². The Morgan fingerprint density at radius 3 is 2.45 bits per heavy atom. The topological polar surface area (TPSA) is 41.5 Å². The molecule has 0 radical (unpaired) electrons. The molecule has 0 bridgehead atoms. The lowest BCUT2D eigenvalue weighted by Crippen LogP contribution is -2.24. The van der Waals surface area contributed by atoms with Gasteiger partial charge in [-0.15, -0.1) is 0 Å². The second-order valence-electron chi connectivity index (χ2n) is 5.92.